The first-order valence-electron chi connectivity index (χ1n) is 6.57. The zero-order valence-corrected chi connectivity index (χ0v) is 12.5. The average Bonchev–Trinajstić information content (AvgIpc) is 2.99. The van der Waals surface area contributed by atoms with Crippen molar-refractivity contribution in [1.29, 1.82) is 0 Å². The summed E-state index contributed by atoms with van der Waals surface area (Å²) >= 11 is 1.40. The SMILES string of the molecule is Cc1cccc(C(=O)Nc2csc(-c3ccncc3)n2)c1F. The van der Waals surface area contributed by atoms with E-state index >= 15 is 0 Å². The fourth-order valence-electron chi connectivity index (χ4n) is 1.96. The number of halogens is 1. The summed E-state index contributed by atoms with van der Waals surface area (Å²) in [6, 6.07) is 8.40. The van der Waals surface area contributed by atoms with Crippen molar-refractivity contribution in [2.75, 3.05) is 5.32 Å². The van der Waals surface area contributed by atoms with Crippen molar-refractivity contribution in [3.8, 4) is 10.6 Å². The molecule has 0 aliphatic carbocycles. The molecule has 1 amide bonds. The summed E-state index contributed by atoms with van der Waals surface area (Å²) in [5.74, 6) is -0.611. The lowest BCUT2D eigenvalue weighted by Gasteiger charge is -2.05. The highest BCUT2D eigenvalue weighted by molar-refractivity contribution is 7.13. The van der Waals surface area contributed by atoms with Crippen molar-refractivity contribution in [3.63, 3.8) is 0 Å². The molecule has 0 bridgehead atoms. The van der Waals surface area contributed by atoms with Gasteiger partial charge in [-0.1, -0.05) is 12.1 Å². The normalized spacial score (nSPS) is 10.5. The van der Waals surface area contributed by atoms with E-state index in [0.29, 0.717) is 11.4 Å². The van der Waals surface area contributed by atoms with Crippen molar-refractivity contribution < 1.29 is 9.18 Å². The number of pyridine rings is 1. The molecule has 6 heteroatoms. The van der Waals surface area contributed by atoms with Crippen molar-refractivity contribution in [2.45, 2.75) is 6.92 Å². The van der Waals surface area contributed by atoms with Gasteiger partial charge in [-0.2, -0.15) is 0 Å². The van der Waals surface area contributed by atoms with Gasteiger partial charge in [-0.15, -0.1) is 11.3 Å². The van der Waals surface area contributed by atoms with Gasteiger partial charge in [0, 0.05) is 23.3 Å². The van der Waals surface area contributed by atoms with E-state index in [2.05, 4.69) is 15.3 Å². The topological polar surface area (TPSA) is 54.9 Å². The van der Waals surface area contributed by atoms with Crippen LogP contribution in [0.25, 0.3) is 10.6 Å². The molecule has 22 heavy (non-hydrogen) atoms. The standard InChI is InChI=1S/C16H12FN3OS/c1-10-3-2-4-12(14(10)17)15(21)19-13-9-22-16(20-13)11-5-7-18-8-6-11/h2-9H,1H3,(H,19,21). The van der Waals surface area contributed by atoms with Crippen LogP contribution in [0, 0.1) is 12.7 Å². The number of carbonyl (C=O) groups is 1. The summed E-state index contributed by atoms with van der Waals surface area (Å²) in [4.78, 5) is 20.4. The first-order chi connectivity index (χ1) is 10.6. The molecule has 4 nitrogen and oxygen atoms in total. The molecule has 0 radical (unpaired) electrons. The predicted octanol–water partition coefficient (Wildman–Crippen LogP) is 3.90. The van der Waals surface area contributed by atoms with Crippen LogP contribution >= 0.6 is 11.3 Å². The van der Waals surface area contributed by atoms with E-state index < -0.39 is 11.7 Å². The molecule has 3 aromatic rings. The highest BCUT2D eigenvalue weighted by Crippen LogP contribution is 2.25. The van der Waals surface area contributed by atoms with Crippen LogP contribution in [0.3, 0.4) is 0 Å². The second kappa shape index (κ2) is 6.03. The molecule has 1 aromatic carbocycles. The Morgan fingerprint density at radius 1 is 1.23 bits per heavy atom. The van der Waals surface area contributed by atoms with Gasteiger partial charge in [0.1, 0.15) is 16.6 Å². The Labute approximate surface area is 130 Å². The minimum absolute atomic E-state index is 0.0125. The lowest BCUT2D eigenvalue weighted by molar-refractivity contribution is 0.102. The second-order valence-electron chi connectivity index (χ2n) is 4.66. The summed E-state index contributed by atoms with van der Waals surface area (Å²) in [7, 11) is 0. The number of nitrogens with one attached hydrogen (secondary N) is 1. The van der Waals surface area contributed by atoms with E-state index in [1.165, 1.54) is 17.4 Å². The van der Waals surface area contributed by atoms with Gasteiger partial charge in [-0.25, -0.2) is 9.37 Å². The van der Waals surface area contributed by atoms with Crippen LogP contribution in [-0.4, -0.2) is 15.9 Å². The third-order valence-electron chi connectivity index (χ3n) is 3.11. The molecule has 3 rings (SSSR count). The van der Waals surface area contributed by atoms with Crippen LogP contribution in [0.2, 0.25) is 0 Å². The average molecular weight is 313 g/mol. The number of benzene rings is 1. The molecule has 0 atom stereocenters. The van der Waals surface area contributed by atoms with E-state index in [0.717, 1.165) is 10.6 Å². The second-order valence-corrected chi connectivity index (χ2v) is 5.52. The molecule has 0 spiro atoms. The molecule has 2 aromatic heterocycles. The highest BCUT2D eigenvalue weighted by atomic mass is 32.1. The number of aromatic nitrogens is 2. The number of thiazole rings is 1. The molecule has 2 heterocycles. The van der Waals surface area contributed by atoms with Gasteiger partial charge in [0.25, 0.3) is 5.91 Å². The summed E-state index contributed by atoms with van der Waals surface area (Å²) in [6.45, 7) is 1.62. The lowest BCUT2D eigenvalue weighted by atomic mass is 10.1. The summed E-state index contributed by atoms with van der Waals surface area (Å²) in [6.07, 6.45) is 3.36. The highest BCUT2D eigenvalue weighted by Gasteiger charge is 2.14. The molecule has 0 aliphatic heterocycles. The molecular formula is C16H12FN3OS. The third-order valence-corrected chi connectivity index (χ3v) is 4.00. The Morgan fingerprint density at radius 2 is 2.00 bits per heavy atom. The quantitative estimate of drug-likeness (QED) is 0.797. The molecule has 0 saturated carbocycles. The lowest BCUT2D eigenvalue weighted by Crippen LogP contribution is -2.14. The number of hydrogen-bond acceptors (Lipinski definition) is 4. The minimum atomic E-state index is -0.510. The first-order valence-corrected chi connectivity index (χ1v) is 7.45. The van der Waals surface area contributed by atoms with Crippen molar-refractivity contribution in [1.82, 2.24) is 9.97 Å². The van der Waals surface area contributed by atoms with E-state index in [9.17, 15) is 9.18 Å². The van der Waals surface area contributed by atoms with E-state index in [-0.39, 0.29) is 5.56 Å². The van der Waals surface area contributed by atoms with Crippen LogP contribution in [0.5, 0.6) is 0 Å². The third kappa shape index (κ3) is 2.87. The van der Waals surface area contributed by atoms with Crippen LogP contribution < -0.4 is 5.32 Å². The number of hydrogen-bond donors (Lipinski definition) is 1. The van der Waals surface area contributed by atoms with Gasteiger partial charge < -0.3 is 5.32 Å². The van der Waals surface area contributed by atoms with Crippen LogP contribution in [0.1, 0.15) is 15.9 Å². The number of carbonyl (C=O) groups excluding carboxylic acids is 1. The largest absolute Gasteiger partial charge is 0.306 e. The van der Waals surface area contributed by atoms with Crippen LogP contribution in [-0.2, 0) is 0 Å². The maximum Gasteiger partial charge on any atom is 0.259 e. The van der Waals surface area contributed by atoms with Gasteiger partial charge >= 0.3 is 0 Å². The summed E-state index contributed by atoms with van der Waals surface area (Å²) < 4.78 is 13.9. The maximum atomic E-state index is 13.9. The fraction of sp³-hybridized carbons (Fsp3) is 0.0625. The number of aryl methyl sites for hydroxylation is 1. The summed E-state index contributed by atoms with van der Waals surface area (Å²) in [5.41, 5.74) is 1.36. The molecular weight excluding hydrogens is 301 g/mol. The minimum Gasteiger partial charge on any atom is -0.306 e. The molecule has 0 fully saturated rings. The van der Waals surface area contributed by atoms with Crippen molar-refractivity contribution in [2.24, 2.45) is 0 Å². The van der Waals surface area contributed by atoms with E-state index in [1.54, 1.807) is 36.8 Å². The van der Waals surface area contributed by atoms with E-state index in [1.807, 2.05) is 12.1 Å². The maximum absolute atomic E-state index is 13.9. The summed E-state index contributed by atoms with van der Waals surface area (Å²) in [5, 5.41) is 5.11. The zero-order chi connectivity index (χ0) is 15.5. The Kier molecular flexibility index (Phi) is 3.93. The van der Waals surface area contributed by atoms with E-state index in [4.69, 9.17) is 0 Å². The Morgan fingerprint density at radius 3 is 2.77 bits per heavy atom. The molecule has 1 N–H and O–H groups in total. The Hall–Kier alpha value is -2.60. The smallest absolute Gasteiger partial charge is 0.259 e. The van der Waals surface area contributed by atoms with Crippen LogP contribution in [0.15, 0.2) is 48.1 Å². The van der Waals surface area contributed by atoms with Gasteiger partial charge in [0.15, 0.2) is 0 Å². The fourth-order valence-corrected chi connectivity index (χ4v) is 2.72. The van der Waals surface area contributed by atoms with Gasteiger partial charge in [-0.05, 0) is 30.7 Å². The van der Waals surface area contributed by atoms with Crippen molar-refractivity contribution in [3.05, 3.63) is 65.0 Å². The zero-order valence-electron chi connectivity index (χ0n) is 11.7. The molecule has 110 valence electrons. The van der Waals surface area contributed by atoms with Gasteiger partial charge in [0.2, 0.25) is 0 Å². The number of anilines is 1. The first kappa shape index (κ1) is 14.3. The number of rotatable bonds is 3. The van der Waals surface area contributed by atoms with Crippen molar-refractivity contribution >= 4 is 23.1 Å². The molecule has 0 unspecified atom stereocenters. The Bertz CT molecular complexity index is 817. The number of nitrogens with zero attached hydrogens (tertiary/aromatic N) is 2. The predicted molar refractivity (Wildman–Crippen MR) is 84.4 cm³/mol. The monoisotopic (exact) mass is 313 g/mol. The number of amides is 1. The van der Waals surface area contributed by atoms with Crippen LogP contribution in [0.4, 0.5) is 10.2 Å². The van der Waals surface area contributed by atoms with Gasteiger partial charge in [0.05, 0.1) is 5.56 Å². The Balaban J connectivity index is 1.81. The van der Waals surface area contributed by atoms with Gasteiger partial charge in [-0.3, -0.25) is 9.78 Å². The molecule has 0 aliphatic rings. The molecule has 0 saturated heterocycles.